The average Bonchev–Trinajstić information content (AvgIpc) is 2.36. The second-order valence-electron chi connectivity index (χ2n) is 4.80. The second-order valence-corrected chi connectivity index (χ2v) is 4.80. The summed E-state index contributed by atoms with van der Waals surface area (Å²) >= 11 is 0. The Bertz CT molecular complexity index is 349. The first-order valence-corrected chi connectivity index (χ1v) is 5.97. The molecule has 0 heterocycles. The Morgan fingerprint density at radius 1 is 1.22 bits per heavy atom. The van der Waals surface area contributed by atoms with Crippen LogP contribution in [0.4, 0.5) is 0 Å². The van der Waals surface area contributed by atoms with Crippen molar-refractivity contribution in [3.05, 3.63) is 11.6 Å². The summed E-state index contributed by atoms with van der Waals surface area (Å²) in [6.07, 6.45) is 3.13. The van der Waals surface area contributed by atoms with Gasteiger partial charge in [-0.05, 0) is 26.9 Å². The van der Waals surface area contributed by atoms with Crippen molar-refractivity contribution in [1.29, 1.82) is 0 Å². The lowest BCUT2D eigenvalue weighted by Crippen LogP contribution is -2.35. The molecule has 1 aliphatic rings. The largest absolute Gasteiger partial charge is 0.469 e. The van der Waals surface area contributed by atoms with Gasteiger partial charge in [0.05, 0.1) is 26.1 Å². The quantitative estimate of drug-likeness (QED) is 0.550. The maximum atomic E-state index is 11.8. The minimum absolute atomic E-state index is 0.338. The summed E-state index contributed by atoms with van der Waals surface area (Å²) in [4.78, 5) is 25.5. The van der Waals surface area contributed by atoms with Gasteiger partial charge in [0.15, 0.2) is 0 Å². The van der Waals surface area contributed by atoms with E-state index in [1.54, 1.807) is 0 Å². The molecule has 0 amide bonds. The molecule has 0 fully saturated rings. The van der Waals surface area contributed by atoms with Crippen LogP contribution < -0.4 is 0 Å². The van der Waals surface area contributed by atoms with Crippen molar-refractivity contribution in [1.82, 2.24) is 4.90 Å². The van der Waals surface area contributed by atoms with Gasteiger partial charge in [-0.3, -0.25) is 9.59 Å². The molecule has 0 radical (unpaired) electrons. The Labute approximate surface area is 108 Å². The van der Waals surface area contributed by atoms with Gasteiger partial charge in [-0.1, -0.05) is 11.6 Å². The van der Waals surface area contributed by atoms with Gasteiger partial charge in [-0.2, -0.15) is 0 Å². The monoisotopic (exact) mass is 255 g/mol. The standard InChI is InChI=1S/C13H21NO4/c1-14(2)8-9-5-6-10(12(15)17-3)11(7-9)13(16)18-4/h5,10-11H,6-8H2,1-4H3/t10-,11+/m1/s1. The zero-order valence-corrected chi connectivity index (χ0v) is 11.4. The number of carbonyl (C=O) groups excluding carboxylic acids is 2. The van der Waals surface area contributed by atoms with Gasteiger partial charge in [0.25, 0.3) is 0 Å². The van der Waals surface area contributed by atoms with Crippen LogP contribution in [0.3, 0.4) is 0 Å². The molecule has 1 rings (SSSR count). The van der Waals surface area contributed by atoms with E-state index in [0.29, 0.717) is 12.8 Å². The molecule has 18 heavy (non-hydrogen) atoms. The molecule has 0 saturated heterocycles. The highest BCUT2D eigenvalue weighted by atomic mass is 16.5. The molecule has 5 heteroatoms. The zero-order chi connectivity index (χ0) is 13.7. The van der Waals surface area contributed by atoms with Gasteiger partial charge in [0.1, 0.15) is 0 Å². The molecule has 1 aliphatic carbocycles. The van der Waals surface area contributed by atoms with Gasteiger partial charge in [0.2, 0.25) is 0 Å². The van der Waals surface area contributed by atoms with Crippen molar-refractivity contribution in [3.8, 4) is 0 Å². The maximum absolute atomic E-state index is 11.8. The van der Waals surface area contributed by atoms with E-state index in [0.717, 1.165) is 12.1 Å². The molecule has 0 aromatic rings. The summed E-state index contributed by atoms with van der Waals surface area (Å²) in [6, 6.07) is 0. The highest BCUT2D eigenvalue weighted by Gasteiger charge is 2.37. The molecular formula is C13H21NO4. The van der Waals surface area contributed by atoms with Crippen LogP contribution in [0.25, 0.3) is 0 Å². The first-order chi connectivity index (χ1) is 8.49. The van der Waals surface area contributed by atoms with E-state index < -0.39 is 11.8 Å². The first-order valence-electron chi connectivity index (χ1n) is 5.97. The summed E-state index contributed by atoms with van der Waals surface area (Å²) in [6.45, 7) is 0.793. The highest BCUT2D eigenvalue weighted by molar-refractivity contribution is 5.82. The summed E-state index contributed by atoms with van der Waals surface area (Å²) in [5.41, 5.74) is 1.16. The molecule has 0 unspecified atom stereocenters. The normalized spacial score (nSPS) is 23.5. The molecule has 0 spiro atoms. The number of rotatable bonds is 4. The molecule has 0 aromatic heterocycles. The van der Waals surface area contributed by atoms with Crippen molar-refractivity contribution in [2.75, 3.05) is 34.9 Å². The number of hydrogen-bond acceptors (Lipinski definition) is 5. The van der Waals surface area contributed by atoms with E-state index in [4.69, 9.17) is 9.47 Å². The van der Waals surface area contributed by atoms with Gasteiger partial charge >= 0.3 is 11.9 Å². The van der Waals surface area contributed by atoms with Gasteiger partial charge < -0.3 is 14.4 Å². The lowest BCUT2D eigenvalue weighted by atomic mass is 9.79. The molecule has 102 valence electrons. The predicted molar refractivity (Wildman–Crippen MR) is 66.9 cm³/mol. The van der Waals surface area contributed by atoms with E-state index in [1.807, 2.05) is 25.1 Å². The highest BCUT2D eigenvalue weighted by Crippen LogP contribution is 2.31. The lowest BCUT2D eigenvalue weighted by Gasteiger charge is -2.28. The number of likely N-dealkylation sites (N-methyl/N-ethyl adjacent to an activating group) is 1. The van der Waals surface area contributed by atoms with Crippen LogP contribution in [0.1, 0.15) is 12.8 Å². The van der Waals surface area contributed by atoms with Gasteiger partial charge in [-0.25, -0.2) is 0 Å². The van der Waals surface area contributed by atoms with Crippen molar-refractivity contribution in [2.24, 2.45) is 11.8 Å². The molecule has 0 N–H and O–H groups in total. The number of methoxy groups -OCH3 is 2. The number of ether oxygens (including phenoxy) is 2. The van der Waals surface area contributed by atoms with Crippen molar-refractivity contribution in [3.63, 3.8) is 0 Å². The Morgan fingerprint density at radius 2 is 1.78 bits per heavy atom. The fourth-order valence-corrected chi connectivity index (χ4v) is 2.31. The summed E-state index contributed by atoms with van der Waals surface area (Å²) in [5, 5.41) is 0. The third kappa shape index (κ3) is 3.57. The van der Waals surface area contributed by atoms with Crippen LogP contribution in [0.5, 0.6) is 0 Å². The molecule has 0 aliphatic heterocycles. The summed E-state index contributed by atoms with van der Waals surface area (Å²) in [7, 11) is 6.64. The molecule has 5 nitrogen and oxygen atoms in total. The van der Waals surface area contributed by atoms with E-state index >= 15 is 0 Å². The molecule has 0 bridgehead atoms. The minimum Gasteiger partial charge on any atom is -0.469 e. The molecule has 0 aromatic carbocycles. The van der Waals surface area contributed by atoms with E-state index in [-0.39, 0.29) is 11.9 Å². The van der Waals surface area contributed by atoms with Crippen LogP contribution in [0, 0.1) is 11.8 Å². The van der Waals surface area contributed by atoms with Crippen molar-refractivity contribution >= 4 is 11.9 Å². The van der Waals surface area contributed by atoms with Crippen LogP contribution in [0.2, 0.25) is 0 Å². The maximum Gasteiger partial charge on any atom is 0.309 e. The van der Waals surface area contributed by atoms with Gasteiger partial charge in [-0.15, -0.1) is 0 Å². The fraction of sp³-hybridized carbons (Fsp3) is 0.692. The topological polar surface area (TPSA) is 55.8 Å². The number of nitrogens with zero attached hydrogens (tertiary/aromatic N) is 1. The average molecular weight is 255 g/mol. The van der Waals surface area contributed by atoms with E-state index in [2.05, 4.69) is 0 Å². The first kappa shape index (κ1) is 14.7. The zero-order valence-electron chi connectivity index (χ0n) is 11.4. The van der Waals surface area contributed by atoms with Crippen LogP contribution in [0.15, 0.2) is 11.6 Å². The summed E-state index contributed by atoms with van der Waals surface area (Å²) < 4.78 is 9.52. The van der Waals surface area contributed by atoms with Crippen LogP contribution in [-0.2, 0) is 19.1 Å². The fourth-order valence-electron chi connectivity index (χ4n) is 2.31. The van der Waals surface area contributed by atoms with Gasteiger partial charge in [0, 0.05) is 6.54 Å². The minimum atomic E-state index is -0.428. The van der Waals surface area contributed by atoms with Crippen LogP contribution >= 0.6 is 0 Å². The lowest BCUT2D eigenvalue weighted by molar-refractivity contribution is -0.157. The smallest absolute Gasteiger partial charge is 0.309 e. The van der Waals surface area contributed by atoms with E-state index in [9.17, 15) is 9.59 Å². The third-order valence-electron chi connectivity index (χ3n) is 3.16. The van der Waals surface area contributed by atoms with Crippen molar-refractivity contribution < 1.29 is 19.1 Å². The third-order valence-corrected chi connectivity index (χ3v) is 3.16. The number of hydrogen-bond donors (Lipinski definition) is 0. The molecule has 0 saturated carbocycles. The molecule has 2 atom stereocenters. The Kier molecular flexibility index (Phi) is 5.34. The number of carbonyl (C=O) groups is 2. The number of esters is 2. The van der Waals surface area contributed by atoms with Crippen LogP contribution in [-0.4, -0.2) is 51.7 Å². The van der Waals surface area contributed by atoms with E-state index in [1.165, 1.54) is 14.2 Å². The Hall–Kier alpha value is -1.36. The second kappa shape index (κ2) is 6.54. The Balaban J connectivity index is 2.84. The SMILES string of the molecule is COC(=O)[C@H]1CC(CN(C)C)=CC[C@H]1C(=O)OC. The number of allylic oxidation sites excluding steroid dienone is 1. The molecular weight excluding hydrogens is 234 g/mol. The predicted octanol–water partition coefficient (Wildman–Crippen LogP) is 0.847. The van der Waals surface area contributed by atoms with Crippen molar-refractivity contribution in [2.45, 2.75) is 12.8 Å². The summed E-state index contributed by atoms with van der Waals surface area (Å²) in [5.74, 6) is -1.53. The Morgan fingerprint density at radius 3 is 2.28 bits per heavy atom.